The van der Waals surface area contributed by atoms with Crippen molar-refractivity contribution in [3.63, 3.8) is 0 Å². The summed E-state index contributed by atoms with van der Waals surface area (Å²) >= 11 is 0. The molecule has 0 radical (unpaired) electrons. The van der Waals surface area contributed by atoms with Crippen LogP contribution in [0.2, 0.25) is 0 Å². The Balaban J connectivity index is 1.80. The summed E-state index contributed by atoms with van der Waals surface area (Å²) in [6.07, 6.45) is 0.169. The van der Waals surface area contributed by atoms with Gasteiger partial charge in [-0.05, 0) is 19.3 Å². The smallest absolute Gasteiger partial charge is 0.306 e. The maximum absolute atomic E-state index is 12.6. The van der Waals surface area contributed by atoms with Gasteiger partial charge in [0.15, 0.2) is 5.78 Å². The number of rotatable bonds is 3. The summed E-state index contributed by atoms with van der Waals surface area (Å²) in [7, 11) is 0. The van der Waals surface area contributed by atoms with Gasteiger partial charge >= 0.3 is 5.97 Å². The fourth-order valence-corrected chi connectivity index (χ4v) is 3.72. The van der Waals surface area contributed by atoms with Crippen molar-refractivity contribution in [2.75, 3.05) is 0 Å². The first-order valence-corrected chi connectivity index (χ1v) is 7.79. The van der Waals surface area contributed by atoms with Crippen LogP contribution in [-0.4, -0.2) is 40.0 Å². The van der Waals surface area contributed by atoms with Gasteiger partial charge in [-0.3, -0.25) is 14.4 Å². The third kappa shape index (κ3) is 2.86. The molecular weight excluding hydrogens is 298 g/mol. The van der Waals surface area contributed by atoms with Crippen LogP contribution in [0.5, 0.6) is 0 Å². The van der Waals surface area contributed by atoms with E-state index in [0.29, 0.717) is 24.8 Å². The fourth-order valence-electron chi connectivity index (χ4n) is 3.72. The van der Waals surface area contributed by atoms with Crippen LogP contribution < -0.4 is 5.32 Å². The monoisotopic (exact) mass is 317 g/mol. The predicted molar refractivity (Wildman–Crippen MR) is 80.7 cm³/mol. The van der Waals surface area contributed by atoms with Crippen molar-refractivity contribution < 1.29 is 24.6 Å². The maximum atomic E-state index is 12.6. The number of amides is 1. The van der Waals surface area contributed by atoms with E-state index in [1.54, 1.807) is 30.3 Å². The zero-order chi connectivity index (χ0) is 16.6. The molecule has 1 aliphatic carbocycles. The lowest BCUT2D eigenvalue weighted by molar-refractivity contribution is -0.147. The molecule has 3 N–H and O–H groups in total. The number of fused-ring (bicyclic) bond motifs is 1. The van der Waals surface area contributed by atoms with Gasteiger partial charge < -0.3 is 15.5 Å². The number of aliphatic carboxylic acids is 1. The molecule has 0 aromatic heterocycles. The van der Waals surface area contributed by atoms with Crippen LogP contribution in [0.15, 0.2) is 30.3 Å². The van der Waals surface area contributed by atoms with Crippen LogP contribution >= 0.6 is 0 Å². The highest BCUT2D eigenvalue weighted by molar-refractivity contribution is 6.11. The van der Waals surface area contributed by atoms with E-state index in [-0.39, 0.29) is 12.0 Å². The summed E-state index contributed by atoms with van der Waals surface area (Å²) in [6, 6.07) is 8.05. The molecule has 6 nitrogen and oxygen atoms in total. The highest BCUT2D eigenvalue weighted by Crippen LogP contribution is 2.37. The average Bonchev–Trinajstić information content (AvgIpc) is 2.55. The minimum Gasteiger partial charge on any atom is -0.481 e. The normalized spacial score (nSPS) is 33.4. The van der Waals surface area contributed by atoms with E-state index in [1.807, 2.05) is 0 Å². The number of hydrogen-bond acceptors (Lipinski definition) is 4. The summed E-state index contributed by atoms with van der Waals surface area (Å²) in [5, 5.41) is 22.4. The van der Waals surface area contributed by atoms with Crippen molar-refractivity contribution in [3.05, 3.63) is 35.9 Å². The van der Waals surface area contributed by atoms with Crippen LogP contribution in [0, 0.1) is 17.8 Å². The lowest BCUT2D eigenvalue weighted by atomic mass is 9.69. The molecule has 5 unspecified atom stereocenters. The molecule has 5 atom stereocenters. The first-order valence-electron chi connectivity index (χ1n) is 7.79. The Kier molecular flexibility index (Phi) is 4.17. The number of carboxylic acids is 1. The number of carbonyl (C=O) groups is 3. The van der Waals surface area contributed by atoms with Crippen LogP contribution in [0.4, 0.5) is 0 Å². The van der Waals surface area contributed by atoms with Gasteiger partial charge in [0.1, 0.15) is 5.92 Å². The number of carboxylic acid groups (broad SMARTS) is 1. The molecule has 1 aromatic carbocycles. The predicted octanol–water partition coefficient (Wildman–Crippen LogP) is 0.846. The van der Waals surface area contributed by atoms with E-state index in [9.17, 15) is 19.5 Å². The van der Waals surface area contributed by atoms with Gasteiger partial charge in [0.25, 0.3) is 0 Å². The molecule has 0 spiro atoms. The summed E-state index contributed by atoms with van der Waals surface area (Å²) in [5.74, 6) is -3.70. The summed E-state index contributed by atoms with van der Waals surface area (Å²) in [6.45, 7) is 0. The largest absolute Gasteiger partial charge is 0.481 e. The van der Waals surface area contributed by atoms with Crippen LogP contribution in [0.25, 0.3) is 0 Å². The van der Waals surface area contributed by atoms with Crippen LogP contribution in [0.3, 0.4) is 0 Å². The lowest BCUT2D eigenvalue weighted by Gasteiger charge is -2.44. The Morgan fingerprint density at radius 3 is 2.48 bits per heavy atom. The Morgan fingerprint density at radius 2 is 1.83 bits per heavy atom. The van der Waals surface area contributed by atoms with Crippen molar-refractivity contribution in [1.82, 2.24) is 5.32 Å². The van der Waals surface area contributed by atoms with Gasteiger partial charge in [0, 0.05) is 17.5 Å². The van der Waals surface area contributed by atoms with E-state index < -0.39 is 35.6 Å². The van der Waals surface area contributed by atoms with Gasteiger partial charge in [-0.25, -0.2) is 0 Å². The van der Waals surface area contributed by atoms with Crippen LogP contribution in [-0.2, 0) is 9.59 Å². The highest BCUT2D eigenvalue weighted by Gasteiger charge is 2.49. The first kappa shape index (κ1) is 15.7. The highest BCUT2D eigenvalue weighted by atomic mass is 16.4. The molecule has 1 aliphatic heterocycles. The summed E-state index contributed by atoms with van der Waals surface area (Å²) in [4.78, 5) is 36.0. The molecule has 2 fully saturated rings. The Morgan fingerprint density at radius 1 is 1.13 bits per heavy atom. The summed E-state index contributed by atoms with van der Waals surface area (Å²) < 4.78 is 0. The molecule has 3 rings (SSSR count). The molecular formula is C17H19NO5. The topological polar surface area (TPSA) is 104 Å². The van der Waals surface area contributed by atoms with E-state index in [2.05, 4.69) is 5.32 Å². The molecule has 0 bridgehead atoms. The second-order valence-electron chi connectivity index (χ2n) is 6.33. The first-order chi connectivity index (χ1) is 11.0. The molecule has 1 amide bonds. The molecule has 1 saturated heterocycles. The van der Waals surface area contributed by atoms with E-state index in [4.69, 9.17) is 5.11 Å². The zero-order valence-corrected chi connectivity index (χ0v) is 12.5. The number of carbonyl (C=O) groups excluding carboxylic acids is 2. The number of aliphatic hydroxyl groups is 1. The third-order valence-electron chi connectivity index (χ3n) is 4.98. The third-order valence-corrected chi connectivity index (χ3v) is 4.98. The van der Waals surface area contributed by atoms with Gasteiger partial charge in [-0.2, -0.15) is 0 Å². The van der Waals surface area contributed by atoms with Crippen molar-refractivity contribution in [1.29, 1.82) is 0 Å². The van der Waals surface area contributed by atoms with E-state index in [0.717, 1.165) is 0 Å². The molecule has 122 valence electrons. The van der Waals surface area contributed by atoms with Gasteiger partial charge in [-0.1, -0.05) is 30.3 Å². The number of ketones is 1. The number of nitrogens with one attached hydrogen (secondary N) is 1. The van der Waals surface area contributed by atoms with Crippen molar-refractivity contribution >= 4 is 17.7 Å². The summed E-state index contributed by atoms with van der Waals surface area (Å²) in [5.41, 5.74) is 0.393. The van der Waals surface area contributed by atoms with Crippen LogP contribution in [0.1, 0.15) is 29.6 Å². The number of piperidine rings is 1. The van der Waals surface area contributed by atoms with Gasteiger partial charge in [-0.15, -0.1) is 0 Å². The minimum absolute atomic E-state index is 0.277. The number of Topliss-reactive ketones (excluding diaryl/α,β-unsaturated/α-hetero) is 1. The minimum atomic E-state index is -1.12. The molecule has 23 heavy (non-hydrogen) atoms. The standard InChI is InChI=1S/C17H19NO5/c19-14(9-4-2-1-3-5-9)13-15(20)11-7-6-10(17(22)23)8-12(11)18-16(13)21/h1-5,10-13,15,20H,6-8H2,(H,18,21)(H,22,23). The Hall–Kier alpha value is -2.21. The van der Waals surface area contributed by atoms with E-state index >= 15 is 0 Å². The molecule has 6 heteroatoms. The average molecular weight is 317 g/mol. The number of hydrogen-bond donors (Lipinski definition) is 3. The number of benzene rings is 1. The second kappa shape index (κ2) is 6.12. The molecule has 1 heterocycles. The number of aliphatic hydroxyl groups excluding tert-OH is 1. The molecule has 2 aliphatic rings. The second-order valence-corrected chi connectivity index (χ2v) is 6.33. The van der Waals surface area contributed by atoms with E-state index in [1.165, 1.54) is 0 Å². The van der Waals surface area contributed by atoms with Crippen molar-refractivity contribution in [2.24, 2.45) is 17.8 Å². The molecule has 1 saturated carbocycles. The van der Waals surface area contributed by atoms with Crippen molar-refractivity contribution in [3.8, 4) is 0 Å². The zero-order valence-electron chi connectivity index (χ0n) is 12.5. The van der Waals surface area contributed by atoms with Crippen molar-refractivity contribution in [2.45, 2.75) is 31.4 Å². The molecule has 1 aromatic rings. The quantitative estimate of drug-likeness (QED) is 0.566. The maximum Gasteiger partial charge on any atom is 0.306 e. The SMILES string of the molecule is O=C(O)C1CCC2C(C1)NC(=O)C(C(=O)c1ccccc1)C2O. The Labute approximate surface area is 133 Å². The lowest BCUT2D eigenvalue weighted by Crippen LogP contribution is -2.61. The Bertz CT molecular complexity index is 629. The van der Waals surface area contributed by atoms with Gasteiger partial charge in [0.2, 0.25) is 5.91 Å². The van der Waals surface area contributed by atoms with Gasteiger partial charge in [0.05, 0.1) is 12.0 Å². The fraction of sp³-hybridized carbons (Fsp3) is 0.471.